The number of carbonyl (C=O) groups excluding carboxylic acids is 1. The molecule has 0 radical (unpaired) electrons. The van der Waals surface area contributed by atoms with Crippen molar-refractivity contribution >= 4 is 16.7 Å². The van der Waals surface area contributed by atoms with Crippen LogP contribution in [0.3, 0.4) is 0 Å². The van der Waals surface area contributed by atoms with Crippen molar-refractivity contribution in [2.75, 3.05) is 19.8 Å². The van der Waals surface area contributed by atoms with Crippen LogP contribution in [-0.2, 0) is 9.53 Å². The third-order valence-corrected chi connectivity index (χ3v) is 3.58. The number of nitrogens with one attached hydrogen (secondary N) is 1. The first kappa shape index (κ1) is 17.4. The van der Waals surface area contributed by atoms with Gasteiger partial charge in [-0.05, 0) is 28.3 Å². The van der Waals surface area contributed by atoms with Gasteiger partial charge in [-0.3, -0.25) is 4.79 Å². The molecule has 0 fully saturated rings. The van der Waals surface area contributed by atoms with Gasteiger partial charge in [-0.15, -0.1) is 0 Å². The minimum Gasteiger partial charge on any atom is -0.387 e. The number of benzene rings is 2. The van der Waals surface area contributed by atoms with Crippen LogP contribution in [0, 0.1) is 5.92 Å². The molecule has 2 aromatic rings. The molecular weight excluding hydrogens is 290 g/mol. The highest BCUT2D eigenvalue weighted by atomic mass is 16.5. The van der Waals surface area contributed by atoms with E-state index in [0.717, 1.165) is 16.3 Å². The lowest BCUT2D eigenvalue weighted by Gasteiger charge is -2.13. The average Bonchev–Trinajstić information content (AvgIpc) is 2.56. The molecule has 2 aromatic carbocycles. The Morgan fingerprint density at radius 2 is 1.91 bits per heavy atom. The van der Waals surface area contributed by atoms with Crippen LogP contribution in [0.25, 0.3) is 10.8 Å². The Kier molecular flexibility index (Phi) is 6.56. The predicted octanol–water partition coefficient (Wildman–Crippen LogP) is 3.05. The molecule has 0 spiro atoms. The predicted molar refractivity (Wildman–Crippen MR) is 92.2 cm³/mol. The van der Waals surface area contributed by atoms with Gasteiger partial charge in [0.2, 0.25) is 5.91 Å². The summed E-state index contributed by atoms with van der Waals surface area (Å²) in [4.78, 5) is 11.7. The van der Waals surface area contributed by atoms with E-state index in [4.69, 9.17) is 4.74 Å². The summed E-state index contributed by atoms with van der Waals surface area (Å²) in [7, 11) is 0. The van der Waals surface area contributed by atoms with Crippen molar-refractivity contribution in [3.8, 4) is 0 Å². The number of carbonyl (C=O) groups is 1. The Hall–Kier alpha value is -1.91. The van der Waals surface area contributed by atoms with E-state index in [0.29, 0.717) is 25.6 Å². The minimum absolute atomic E-state index is 0.103. The molecule has 1 amide bonds. The van der Waals surface area contributed by atoms with Crippen LogP contribution in [0.15, 0.2) is 42.5 Å². The van der Waals surface area contributed by atoms with Gasteiger partial charge in [0, 0.05) is 19.6 Å². The maximum Gasteiger partial charge on any atom is 0.222 e. The van der Waals surface area contributed by atoms with Gasteiger partial charge in [-0.25, -0.2) is 0 Å². The van der Waals surface area contributed by atoms with Gasteiger partial charge in [-0.1, -0.05) is 50.2 Å². The quantitative estimate of drug-likeness (QED) is 0.736. The first-order chi connectivity index (χ1) is 11.1. The van der Waals surface area contributed by atoms with Gasteiger partial charge in [0.1, 0.15) is 0 Å². The number of fused-ring (bicyclic) bond motifs is 1. The molecular formula is C19H25NO3. The zero-order valence-corrected chi connectivity index (χ0v) is 13.8. The van der Waals surface area contributed by atoms with Crippen LogP contribution < -0.4 is 5.32 Å². The first-order valence-corrected chi connectivity index (χ1v) is 8.07. The van der Waals surface area contributed by atoms with Crippen molar-refractivity contribution in [2.45, 2.75) is 26.4 Å². The Morgan fingerprint density at radius 1 is 1.17 bits per heavy atom. The third-order valence-electron chi connectivity index (χ3n) is 3.58. The van der Waals surface area contributed by atoms with E-state index >= 15 is 0 Å². The van der Waals surface area contributed by atoms with Crippen molar-refractivity contribution in [1.29, 1.82) is 0 Å². The summed E-state index contributed by atoms with van der Waals surface area (Å²) in [6.07, 6.45) is -0.392. The highest BCUT2D eigenvalue weighted by molar-refractivity contribution is 5.83. The lowest BCUT2D eigenvalue weighted by molar-refractivity contribution is -0.122. The van der Waals surface area contributed by atoms with Crippen LogP contribution in [0.1, 0.15) is 31.9 Å². The molecule has 2 N–H and O–H groups in total. The van der Waals surface area contributed by atoms with Gasteiger partial charge >= 0.3 is 0 Å². The van der Waals surface area contributed by atoms with Crippen LogP contribution in [-0.4, -0.2) is 30.8 Å². The summed E-state index contributed by atoms with van der Waals surface area (Å²) in [5.74, 6) is 0.362. The van der Waals surface area contributed by atoms with Gasteiger partial charge in [0.05, 0.1) is 12.7 Å². The fourth-order valence-corrected chi connectivity index (χ4v) is 2.32. The van der Waals surface area contributed by atoms with E-state index in [1.165, 1.54) is 0 Å². The number of aliphatic hydroxyl groups excluding tert-OH is 1. The summed E-state index contributed by atoms with van der Waals surface area (Å²) in [6.45, 7) is 5.42. The van der Waals surface area contributed by atoms with Gasteiger partial charge in [0.15, 0.2) is 0 Å². The summed E-state index contributed by atoms with van der Waals surface area (Å²) in [6, 6.07) is 13.8. The second-order valence-electron chi connectivity index (χ2n) is 6.15. The molecule has 4 heteroatoms. The van der Waals surface area contributed by atoms with Crippen molar-refractivity contribution in [3.63, 3.8) is 0 Å². The maximum absolute atomic E-state index is 11.7. The molecule has 4 nitrogen and oxygen atoms in total. The molecule has 2 rings (SSSR count). The fourth-order valence-electron chi connectivity index (χ4n) is 2.32. The normalized spacial score (nSPS) is 12.5. The third kappa shape index (κ3) is 5.66. The topological polar surface area (TPSA) is 58.6 Å². The fraction of sp³-hybridized carbons (Fsp3) is 0.421. The average molecular weight is 315 g/mol. The standard InChI is InChI=1S/C19H25NO3/c1-14(2)13-23-10-9-19(22)20-12-18(21)17-8-7-15-5-3-4-6-16(15)11-17/h3-8,11,14,18,21H,9-10,12-13H2,1-2H3,(H,20,22). The number of aliphatic hydroxyl groups is 1. The van der Waals surface area contributed by atoms with Crippen LogP contribution in [0.5, 0.6) is 0 Å². The Bertz CT molecular complexity index is 639. The van der Waals surface area contributed by atoms with E-state index < -0.39 is 6.10 Å². The van der Waals surface area contributed by atoms with Crippen molar-refractivity contribution in [3.05, 3.63) is 48.0 Å². The van der Waals surface area contributed by atoms with Gasteiger partial charge < -0.3 is 15.2 Å². The molecule has 124 valence electrons. The molecule has 0 aliphatic heterocycles. The molecule has 0 heterocycles. The van der Waals surface area contributed by atoms with E-state index in [1.807, 2.05) is 42.5 Å². The molecule has 0 saturated carbocycles. The summed E-state index contributed by atoms with van der Waals surface area (Å²) in [5, 5.41) is 15.2. The second-order valence-corrected chi connectivity index (χ2v) is 6.15. The molecule has 0 bridgehead atoms. The lowest BCUT2D eigenvalue weighted by atomic mass is 10.0. The molecule has 0 aromatic heterocycles. The monoisotopic (exact) mass is 315 g/mol. The summed E-state index contributed by atoms with van der Waals surface area (Å²) >= 11 is 0. The SMILES string of the molecule is CC(C)COCCC(=O)NCC(O)c1ccc2ccccc2c1. The van der Waals surface area contributed by atoms with E-state index in [1.54, 1.807) is 0 Å². The summed E-state index contributed by atoms with van der Waals surface area (Å²) < 4.78 is 5.38. The molecule has 0 saturated heterocycles. The number of hydrogen-bond acceptors (Lipinski definition) is 3. The van der Waals surface area contributed by atoms with Crippen molar-refractivity contribution in [2.24, 2.45) is 5.92 Å². The Labute approximate surface area is 137 Å². The molecule has 1 unspecified atom stereocenters. The van der Waals surface area contributed by atoms with Crippen LogP contribution >= 0.6 is 0 Å². The van der Waals surface area contributed by atoms with E-state index in [-0.39, 0.29) is 12.5 Å². The lowest BCUT2D eigenvalue weighted by Crippen LogP contribution is -2.29. The first-order valence-electron chi connectivity index (χ1n) is 8.07. The number of ether oxygens (including phenoxy) is 1. The van der Waals surface area contributed by atoms with Gasteiger partial charge in [0.25, 0.3) is 0 Å². The van der Waals surface area contributed by atoms with Crippen molar-refractivity contribution in [1.82, 2.24) is 5.32 Å². The Morgan fingerprint density at radius 3 is 2.65 bits per heavy atom. The Balaban J connectivity index is 1.79. The van der Waals surface area contributed by atoms with E-state index in [9.17, 15) is 9.90 Å². The maximum atomic E-state index is 11.7. The molecule has 1 atom stereocenters. The number of hydrogen-bond donors (Lipinski definition) is 2. The number of rotatable bonds is 8. The highest BCUT2D eigenvalue weighted by Gasteiger charge is 2.10. The molecule has 23 heavy (non-hydrogen) atoms. The zero-order chi connectivity index (χ0) is 16.7. The van der Waals surface area contributed by atoms with E-state index in [2.05, 4.69) is 19.2 Å². The number of amides is 1. The molecule has 0 aliphatic rings. The van der Waals surface area contributed by atoms with Crippen LogP contribution in [0.4, 0.5) is 0 Å². The smallest absolute Gasteiger partial charge is 0.222 e. The largest absolute Gasteiger partial charge is 0.387 e. The zero-order valence-electron chi connectivity index (χ0n) is 13.8. The summed E-state index contributed by atoms with van der Waals surface area (Å²) in [5.41, 5.74) is 0.806. The van der Waals surface area contributed by atoms with Crippen molar-refractivity contribution < 1.29 is 14.6 Å². The molecule has 0 aliphatic carbocycles. The second kappa shape index (κ2) is 8.65. The highest BCUT2D eigenvalue weighted by Crippen LogP contribution is 2.20. The minimum atomic E-state index is -0.708. The van der Waals surface area contributed by atoms with Gasteiger partial charge in [-0.2, -0.15) is 0 Å². The van der Waals surface area contributed by atoms with Crippen LogP contribution in [0.2, 0.25) is 0 Å².